The van der Waals surface area contributed by atoms with E-state index in [1.54, 1.807) is 11.8 Å². The van der Waals surface area contributed by atoms with Gasteiger partial charge in [0.05, 0.1) is 0 Å². The first-order valence-electron chi connectivity index (χ1n) is 4.96. The summed E-state index contributed by atoms with van der Waals surface area (Å²) < 4.78 is 0. The molecule has 0 radical (unpaired) electrons. The highest BCUT2D eigenvalue weighted by molar-refractivity contribution is 8.00. The predicted molar refractivity (Wildman–Crippen MR) is 68.2 cm³/mol. The van der Waals surface area contributed by atoms with Gasteiger partial charge in [-0.25, -0.2) is 0 Å². The summed E-state index contributed by atoms with van der Waals surface area (Å²) in [4.78, 5) is 5.60. The number of aryl methyl sites for hydroxylation is 1. The van der Waals surface area contributed by atoms with Crippen molar-refractivity contribution < 1.29 is 0 Å². The molecule has 0 bridgehead atoms. The van der Waals surface area contributed by atoms with Crippen LogP contribution in [0.4, 0.5) is 0 Å². The molecular weight excluding hydrogens is 226 g/mol. The Bertz CT molecular complexity index is 449. The van der Waals surface area contributed by atoms with Gasteiger partial charge in [0, 0.05) is 10.5 Å². The van der Waals surface area contributed by atoms with Crippen molar-refractivity contribution in [3.8, 4) is 0 Å². The van der Waals surface area contributed by atoms with Gasteiger partial charge < -0.3 is 0 Å². The van der Waals surface area contributed by atoms with E-state index >= 15 is 0 Å². The average molecular weight is 240 g/mol. The molecule has 15 heavy (non-hydrogen) atoms. The molecule has 0 fully saturated rings. The Morgan fingerprint density at radius 1 is 1.27 bits per heavy atom. The van der Waals surface area contributed by atoms with Gasteiger partial charge in [-0.15, -0.1) is 0 Å². The Kier molecular flexibility index (Phi) is 2.60. The van der Waals surface area contributed by atoms with E-state index in [0.29, 0.717) is 5.17 Å². The van der Waals surface area contributed by atoms with Crippen LogP contribution in [0.25, 0.3) is 0 Å². The van der Waals surface area contributed by atoms with E-state index in [9.17, 15) is 0 Å². The number of halogens is 1. The molecule has 2 rings (SSSR count). The number of benzene rings is 1. The zero-order valence-electron chi connectivity index (χ0n) is 9.39. The lowest BCUT2D eigenvalue weighted by Gasteiger charge is -2.27. The van der Waals surface area contributed by atoms with E-state index < -0.39 is 0 Å². The van der Waals surface area contributed by atoms with Crippen molar-refractivity contribution in [2.45, 2.75) is 37.5 Å². The molecule has 0 N–H and O–H groups in total. The number of fused-ring (bicyclic) bond motifs is 1. The van der Waals surface area contributed by atoms with Crippen molar-refractivity contribution in [2.75, 3.05) is 0 Å². The Morgan fingerprint density at radius 2 is 1.93 bits per heavy atom. The SMILES string of the molecule is Cc1ccc2c(c1C)SC(C)(C)N=C2Cl. The topological polar surface area (TPSA) is 12.4 Å². The van der Waals surface area contributed by atoms with Crippen LogP contribution in [0.5, 0.6) is 0 Å². The van der Waals surface area contributed by atoms with Gasteiger partial charge in [0.15, 0.2) is 0 Å². The van der Waals surface area contributed by atoms with Crippen molar-refractivity contribution >= 4 is 28.5 Å². The fraction of sp³-hybridized carbons (Fsp3) is 0.417. The van der Waals surface area contributed by atoms with Gasteiger partial charge in [0.2, 0.25) is 0 Å². The second-order valence-corrected chi connectivity index (χ2v) is 6.31. The molecule has 0 atom stereocenters. The van der Waals surface area contributed by atoms with Crippen molar-refractivity contribution in [3.63, 3.8) is 0 Å². The standard InChI is InChI=1S/C12H14ClNS/c1-7-5-6-9-10(8(7)2)15-12(3,4)14-11(9)13/h5-6H,1-4H3. The molecule has 1 nitrogen and oxygen atoms in total. The van der Waals surface area contributed by atoms with Crippen molar-refractivity contribution in [2.24, 2.45) is 4.99 Å². The molecule has 0 aromatic heterocycles. The number of hydrogen-bond donors (Lipinski definition) is 0. The minimum Gasteiger partial charge on any atom is -0.255 e. The Labute approximate surface area is 99.9 Å². The fourth-order valence-corrected chi connectivity index (χ4v) is 3.35. The van der Waals surface area contributed by atoms with E-state index in [0.717, 1.165) is 5.56 Å². The van der Waals surface area contributed by atoms with Crippen LogP contribution in [0.3, 0.4) is 0 Å². The zero-order chi connectivity index (χ0) is 11.2. The molecular formula is C12H14ClNS. The van der Waals surface area contributed by atoms with Gasteiger partial charge in [0.1, 0.15) is 10.0 Å². The van der Waals surface area contributed by atoms with Crippen LogP contribution in [0.1, 0.15) is 30.5 Å². The molecule has 1 heterocycles. The number of thioether (sulfide) groups is 1. The normalized spacial score (nSPS) is 18.3. The summed E-state index contributed by atoms with van der Waals surface area (Å²) in [5.74, 6) is 0. The summed E-state index contributed by atoms with van der Waals surface area (Å²) >= 11 is 7.98. The maximum Gasteiger partial charge on any atom is 0.133 e. The molecule has 0 unspecified atom stereocenters. The van der Waals surface area contributed by atoms with Crippen LogP contribution in [-0.4, -0.2) is 10.0 Å². The van der Waals surface area contributed by atoms with Crippen LogP contribution >= 0.6 is 23.4 Å². The minimum atomic E-state index is -0.150. The molecule has 1 aliphatic rings. The number of nitrogens with zero attached hydrogens (tertiary/aromatic N) is 1. The summed E-state index contributed by atoms with van der Waals surface area (Å²) in [6.45, 7) is 8.45. The summed E-state index contributed by atoms with van der Waals surface area (Å²) in [6, 6.07) is 4.16. The van der Waals surface area contributed by atoms with E-state index in [4.69, 9.17) is 11.6 Å². The average Bonchev–Trinajstić information content (AvgIpc) is 2.10. The molecule has 0 saturated carbocycles. The molecule has 3 heteroatoms. The monoisotopic (exact) mass is 239 g/mol. The summed E-state index contributed by atoms with van der Waals surface area (Å²) in [5, 5.41) is 0.636. The second-order valence-electron chi connectivity index (χ2n) is 4.34. The molecule has 80 valence electrons. The lowest BCUT2D eigenvalue weighted by atomic mass is 10.1. The maximum absolute atomic E-state index is 6.19. The van der Waals surface area contributed by atoms with E-state index in [1.807, 2.05) is 0 Å². The number of aliphatic imine (C=N–C) groups is 1. The van der Waals surface area contributed by atoms with Gasteiger partial charge in [-0.05, 0) is 38.8 Å². The molecule has 1 aromatic carbocycles. The van der Waals surface area contributed by atoms with Crippen LogP contribution in [-0.2, 0) is 0 Å². The van der Waals surface area contributed by atoms with E-state index in [-0.39, 0.29) is 4.87 Å². The van der Waals surface area contributed by atoms with Crippen molar-refractivity contribution in [1.29, 1.82) is 0 Å². The lowest BCUT2D eigenvalue weighted by molar-refractivity contribution is 0.757. The van der Waals surface area contributed by atoms with Crippen LogP contribution < -0.4 is 0 Å². The predicted octanol–water partition coefficient (Wildman–Crippen LogP) is 4.13. The summed E-state index contributed by atoms with van der Waals surface area (Å²) in [7, 11) is 0. The maximum atomic E-state index is 6.19. The molecule has 1 aliphatic heterocycles. The Hall–Kier alpha value is -0.470. The van der Waals surface area contributed by atoms with Gasteiger partial charge in [-0.1, -0.05) is 35.5 Å². The lowest BCUT2D eigenvalue weighted by Crippen LogP contribution is -2.19. The molecule has 0 amide bonds. The third-order valence-corrected chi connectivity index (χ3v) is 4.23. The van der Waals surface area contributed by atoms with Crippen molar-refractivity contribution in [3.05, 3.63) is 28.8 Å². The quantitative estimate of drug-likeness (QED) is 0.663. The van der Waals surface area contributed by atoms with Gasteiger partial charge in [0.25, 0.3) is 0 Å². The molecule has 0 saturated heterocycles. The van der Waals surface area contributed by atoms with Crippen LogP contribution in [0, 0.1) is 13.8 Å². The number of rotatable bonds is 0. The summed E-state index contributed by atoms with van der Waals surface area (Å²) in [5.41, 5.74) is 3.70. The first-order chi connectivity index (χ1) is 6.91. The van der Waals surface area contributed by atoms with Gasteiger partial charge in [-0.3, -0.25) is 4.99 Å². The third kappa shape index (κ3) is 1.93. The third-order valence-electron chi connectivity index (χ3n) is 2.62. The van der Waals surface area contributed by atoms with Crippen LogP contribution in [0.15, 0.2) is 22.0 Å². The van der Waals surface area contributed by atoms with Gasteiger partial charge in [-0.2, -0.15) is 0 Å². The van der Waals surface area contributed by atoms with E-state index in [1.165, 1.54) is 16.0 Å². The van der Waals surface area contributed by atoms with Gasteiger partial charge >= 0.3 is 0 Å². The Morgan fingerprint density at radius 3 is 2.60 bits per heavy atom. The first kappa shape index (κ1) is 11.0. The van der Waals surface area contributed by atoms with Crippen molar-refractivity contribution in [1.82, 2.24) is 0 Å². The fourth-order valence-electron chi connectivity index (χ4n) is 1.65. The minimum absolute atomic E-state index is 0.150. The number of hydrogen-bond acceptors (Lipinski definition) is 2. The van der Waals surface area contributed by atoms with E-state index in [2.05, 4.69) is 44.8 Å². The second kappa shape index (κ2) is 3.53. The van der Waals surface area contributed by atoms with Crippen LogP contribution in [0.2, 0.25) is 0 Å². The molecule has 1 aromatic rings. The highest BCUT2D eigenvalue weighted by atomic mass is 35.5. The Balaban J connectivity index is 2.65. The summed E-state index contributed by atoms with van der Waals surface area (Å²) in [6.07, 6.45) is 0. The smallest absolute Gasteiger partial charge is 0.133 e. The first-order valence-corrected chi connectivity index (χ1v) is 6.15. The highest BCUT2D eigenvalue weighted by Crippen LogP contribution is 2.43. The zero-order valence-corrected chi connectivity index (χ0v) is 11.0. The highest BCUT2D eigenvalue weighted by Gasteiger charge is 2.28. The molecule has 0 aliphatic carbocycles. The molecule has 0 spiro atoms. The largest absolute Gasteiger partial charge is 0.255 e.